The number of hydrogen-bond acceptors (Lipinski definition) is 10. The van der Waals surface area contributed by atoms with Crippen LogP contribution in [0.25, 0.3) is 5.76 Å². The molecule has 1 fully saturated rings. The van der Waals surface area contributed by atoms with Gasteiger partial charge in [0.05, 0.1) is 25.3 Å². The maximum atomic E-state index is 14.3. The second-order valence-electron chi connectivity index (χ2n) is 11.8. The van der Waals surface area contributed by atoms with E-state index in [4.69, 9.17) is 14.2 Å². The van der Waals surface area contributed by atoms with Gasteiger partial charge in [-0.05, 0) is 72.5 Å². The average molecular weight is 726 g/mol. The number of carbonyl (C=O) groups is 2. The average Bonchev–Trinajstić information content (AvgIpc) is 3.71. The van der Waals surface area contributed by atoms with Gasteiger partial charge in [-0.1, -0.05) is 90.5 Å². The molecule has 0 saturated carbocycles. The van der Waals surface area contributed by atoms with Crippen molar-refractivity contribution in [3.8, 4) is 17.2 Å². The molecule has 12 heteroatoms. The number of aromatic nitrogens is 2. The smallest absolute Gasteiger partial charge is 0.301 e. The van der Waals surface area contributed by atoms with Gasteiger partial charge in [0, 0.05) is 11.3 Å². The van der Waals surface area contributed by atoms with Crippen LogP contribution in [0.15, 0.2) is 101 Å². The normalized spacial score (nSPS) is 15.3. The number of aliphatic hydroxyl groups excluding tert-OH is 1. The summed E-state index contributed by atoms with van der Waals surface area (Å²) in [5, 5.41) is 20.4. The highest BCUT2D eigenvalue weighted by atomic mass is 32.2. The Hall–Kier alpha value is -5.20. The molecule has 1 aliphatic rings. The number of thioether (sulfide) groups is 1. The van der Waals surface area contributed by atoms with Crippen molar-refractivity contribution >= 4 is 45.7 Å². The van der Waals surface area contributed by atoms with Crippen LogP contribution in [0.4, 0.5) is 9.52 Å². The van der Waals surface area contributed by atoms with Crippen LogP contribution in [0.1, 0.15) is 53.6 Å². The molecule has 262 valence electrons. The van der Waals surface area contributed by atoms with Crippen LogP contribution in [0, 0.1) is 12.7 Å². The molecular weight excluding hydrogens is 690 g/mol. The number of Topliss-reactive ketones (excluding diaryl/α,β-unsaturated/α-hetero) is 1. The largest absolute Gasteiger partial charge is 0.507 e. The van der Waals surface area contributed by atoms with Gasteiger partial charge < -0.3 is 19.3 Å². The minimum atomic E-state index is -1.07. The van der Waals surface area contributed by atoms with E-state index in [0.717, 1.165) is 35.3 Å². The molecule has 2 heterocycles. The molecule has 1 N–H and O–H groups in total. The zero-order chi connectivity index (χ0) is 35.9. The molecule has 1 aliphatic heterocycles. The maximum Gasteiger partial charge on any atom is 0.301 e. The number of ether oxygens (including phenoxy) is 3. The monoisotopic (exact) mass is 725 g/mol. The van der Waals surface area contributed by atoms with E-state index >= 15 is 0 Å². The van der Waals surface area contributed by atoms with Crippen LogP contribution in [0.5, 0.6) is 17.2 Å². The fourth-order valence-corrected chi connectivity index (χ4v) is 7.45. The van der Waals surface area contributed by atoms with Crippen molar-refractivity contribution in [2.45, 2.75) is 49.4 Å². The van der Waals surface area contributed by atoms with E-state index in [0.29, 0.717) is 57.2 Å². The number of hydrogen-bond donors (Lipinski definition) is 1. The van der Waals surface area contributed by atoms with Gasteiger partial charge in [-0.2, -0.15) is 0 Å². The van der Waals surface area contributed by atoms with Crippen LogP contribution in [-0.2, 0) is 21.9 Å². The first kappa shape index (κ1) is 35.6. The summed E-state index contributed by atoms with van der Waals surface area (Å²) in [6, 6.07) is 25.2. The summed E-state index contributed by atoms with van der Waals surface area (Å²) in [4.78, 5) is 28.9. The predicted molar refractivity (Wildman–Crippen MR) is 196 cm³/mol. The summed E-state index contributed by atoms with van der Waals surface area (Å²) < 4.78 is 32.3. The van der Waals surface area contributed by atoms with Gasteiger partial charge in [0.15, 0.2) is 15.8 Å². The van der Waals surface area contributed by atoms with Crippen LogP contribution < -0.4 is 19.1 Å². The van der Waals surface area contributed by atoms with Crippen molar-refractivity contribution in [3.05, 3.63) is 130 Å². The van der Waals surface area contributed by atoms with E-state index in [1.54, 1.807) is 60.7 Å². The molecule has 5 aromatic rings. The highest BCUT2D eigenvalue weighted by molar-refractivity contribution is 8.00. The topological polar surface area (TPSA) is 111 Å². The maximum absolute atomic E-state index is 14.3. The molecular formula is C39H36FN3O6S2. The first-order chi connectivity index (χ1) is 24.8. The van der Waals surface area contributed by atoms with Crippen molar-refractivity contribution in [1.29, 1.82) is 0 Å². The Labute approximate surface area is 303 Å². The van der Waals surface area contributed by atoms with Crippen molar-refractivity contribution < 1.29 is 33.3 Å². The number of unbranched alkanes of at least 4 members (excludes halogenated alkanes) is 1. The molecule has 0 bridgehead atoms. The highest BCUT2D eigenvalue weighted by Gasteiger charge is 2.48. The van der Waals surface area contributed by atoms with Crippen molar-refractivity contribution in [3.63, 3.8) is 0 Å². The summed E-state index contributed by atoms with van der Waals surface area (Å²) in [7, 11) is 1.51. The molecule has 1 unspecified atom stereocenters. The Bertz CT molecular complexity index is 2070. The quantitative estimate of drug-likeness (QED) is 0.0300. The molecule has 51 heavy (non-hydrogen) atoms. The number of rotatable bonds is 14. The molecule has 1 atom stereocenters. The summed E-state index contributed by atoms with van der Waals surface area (Å²) >= 11 is 2.36. The second kappa shape index (κ2) is 16.2. The SMILES string of the molecule is CCCCOc1ccc(C2/C(=C(\O)c3ccc(OCc4cccc(C)c4)cc3)C(=O)C(=O)N2c2nnc(SCc3ccccc3F)s2)cc1OC. The Morgan fingerprint density at radius 3 is 2.51 bits per heavy atom. The van der Waals surface area contributed by atoms with Gasteiger partial charge in [0.2, 0.25) is 5.13 Å². The lowest BCUT2D eigenvalue weighted by Crippen LogP contribution is -2.29. The number of anilines is 1. The van der Waals surface area contributed by atoms with Gasteiger partial charge in [0.25, 0.3) is 5.78 Å². The van der Waals surface area contributed by atoms with Gasteiger partial charge in [0.1, 0.15) is 23.9 Å². The number of amides is 1. The number of methoxy groups -OCH3 is 1. The van der Waals surface area contributed by atoms with E-state index in [-0.39, 0.29) is 22.3 Å². The third-order valence-electron chi connectivity index (χ3n) is 8.23. The lowest BCUT2D eigenvalue weighted by molar-refractivity contribution is -0.132. The number of nitrogens with zero attached hydrogens (tertiary/aromatic N) is 3. The number of carbonyl (C=O) groups excluding carboxylic acids is 2. The van der Waals surface area contributed by atoms with Gasteiger partial charge >= 0.3 is 5.91 Å². The summed E-state index contributed by atoms with van der Waals surface area (Å²) in [5.41, 5.74) is 3.34. The first-order valence-electron chi connectivity index (χ1n) is 16.4. The standard InChI is InChI=1S/C39H36FN3O6S2/c1-4-5-19-48-31-18-15-27(21-32(31)47-3)34-33(35(44)26-13-16-29(17-14-26)49-22-25-10-8-9-24(2)20-25)36(45)37(46)43(34)38-41-42-39(51-38)50-23-28-11-6-7-12-30(28)40/h6-18,20-21,34,44H,4-5,19,22-23H2,1-3H3/b35-33+. The zero-order valence-corrected chi connectivity index (χ0v) is 29.9. The van der Waals surface area contributed by atoms with E-state index in [1.807, 2.05) is 31.2 Å². The molecule has 4 aromatic carbocycles. The van der Waals surface area contributed by atoms with E-state index in [9.17, 15) is 19.1 Å². The Morgan fingerprint density at radius 1 is 0.961 bits per heavy atom. The third-order valence-corrected chi connectivity index (χ3v) is 10.3. The summed E-state index contributed by atoms with van der Waals surface area (Å²) in [6.07, 6.45) is 1.81. The summed E-state index contributed by atoms with van der Waals surface area (Å²) in [5.74, 6) is -0.653. The van der Waals surface area contributed by atoms with E-state index in [1.165, 1.54) is 29.8 Å². The molecule has 0 spiro atoms. The van der Waals surface area contributed by atoms with Crippen LogP contribution in [-0.4, -0.2) is 40.7 Å². The van der Waals surface area contributed by atoms with Crippen molar-refractivity contribution in [1.82, 2.24) is 10.2 Å². The molecule has 1 amide bonds. The lowest BCUT2D eigenvalue weighted by Gasteiger charge is -2.23. The molecule has 0 aliphatic carbocycles. The van der Waals surface area contributed by atoms with E-state index < -0.39 is 17.7 Å². The Kier molecular flexibility index (Phi) is 11.3. The Balaban J connectivity index is 1.34. The highest BCUT2D eigenvalue weighted by Crippen LogP contribution is 2.46. The first-order valence-corrected chi connectivity index (χ1v) is 18.2. The summed E-state index contributed by atoms with van der Waals surface area (Å²) in [6.45, 7) is 4.94. The van der Waals surface area contributed by atoms with Crippen LogP contribution >= 0.6 is 23.1 Å². The minimum absolute atomic E-state index is 0.120. The lowest BCUT2D eigenvalue weighted by atomic mass is 9.95. The predicted octanol–water partition coefficient (Wildman–Crippen LogP) is 8.67. The third kappa shape index (κ3) is 8.08. The molecule has 1 aromatic heterocycles. The van der Waals surface area contributed by atoms with E-state index in [2.05, 4.69) is 17.1 Å². The van der Waals surface area contributed by atoms with Gasteiger partial charge in [-0.15, -0.1) is 10.2 Å². The van der Waals surface area contributed by atoms with Gasteiger partial charge in [-0.3, -0.25) is 14.5 Å². The fraction of sp³-hybridized carbons (Fsp3) is 0.231. The fourth-order valence-electron chi connectivity index (χ4n) is 5.59. The van der Waals surface area contributed by atoms with Crippen molar-refractivity contribution in [2.75, 3.05) is 18.6 Å². The number of aryl methyl sites for hydroxylation is 1. The second-order valence-corrected chi connectivity index (χ2v) is 14.0. The molecule has 0 radical (unpaired) electrons. The zero-order valence-electron chi connectivity index (χ0n) is 28.3. The number of ketones is 1. The number of aliphatic hydroxyl groups is 1. The van der Waals surface area contributed by atoms with Gasteiger partial charge in [-0.25, -0.2) is 4.39 Å². The molecule has 9 nitrogen and oxygen atoms in total. The molecule has 1 saturated heterocycles. The van der Waals surface area contributed by atoms with Crippen LogP contribution in [0.3, 0.4) is 0 Å². The van der Waals surface area contributed by atoms with Crippen molar-refractivity contribution in [2.24, 2.45) is 0 Å². The van der Waals surface area contributed by atoms with Crippen LogP contribution in [0.2, 0.25) is 0 Å². The number of benzene rings is 4. The Morgan fingerprint density at radius 2 is 1.76 bits per heavy atom. The minimum Gasteiger partial charge on any atom is -0.507 e. The molecule has 6 rings (SSSR count). The number of halogens is 1.